The highest BCUT2D eigenvalue weighted by molar-refractivity contribution is 5.94. The zero-order valence-electron chi connectivity index (χ0n) is 8.78. The zero-order chi connectivity index (χ0) is 10.5. The quantitative estimate of drug-likeness (QED) is 0.761. The fourth-order valence-corrected chi connectivity index (χ4v) is 1.98. The van der Waals surface area contributed by atoms with Crippen molar-refractivity contribution in [2.45, 2.75) is 19.3 Å². The van der Waals surface area contributed by atoms with Gasteiger partial charge in [-0.1, -0.05) is 6.07 Å². The number of nitrogens with one attached hydrogen (secondary N) is 1. The molecule has 2 heterocycles. The molecule has 1 fully saturated rings. The Labute approximate surface area is 89.9 Å². The maximum atomic E-state index is 11.8. The topological polar surface area (TPSA) is 42.0 Å². The van der Waals surface area contributed by atoms with E-state index in [0.29, 0.717) is 18.0 Å². The van der Waals surface area contributed by atoms with Crippen LogP contribution in [0.1, 0.15) is 29.8 Å². The van der Waals surface area contributed by atoms with Gasteiger partial charge in [-0.3, -0.25) is 9.78 Å². The number of hydrogen-bond donors (Lipinski definition) is 1. The van der Waals surface area contributed by atoms with Gasteiger partial charge in [-0.2, -0.15) is 0 Å². The van der Waals surface area contributed by atoms with Crippen LogP contribution in [0.3, 0.4) is 0 Å². The van der Waals surface area contributed by atoms with Crippen molar-refractivity contribution in [1.29, 1.82) is 0 Å². The van der Waals surface area contributed by atoms with E-state index in [1.807, 2.05) is 12.1 Å². The summed E-state index contributed by atoms with van der Waals surface area (Å²) in [6.45, 7) is 2.08. The number of pyridine rings is 1. The maximum absolute atomic E-state index is 11.8. The highest BCUT2D eigenvalue weighted by Gasteiger charge is 2.17. The lowest BCUT2D eigenvalue weighted by atomic mass is 9.92. The first kappa shape index (κ1) is 10.3. The van der Waals surface area contributed by atoms with E-state index in [9.17, 15) is 4.79 Å². The lowest BCUT2D eigenvalue weighted by Crippen LogP contribution is -2.29. The summed E-state index contributed by atoms with van der Waals surface area (Å²) in [4.78, 5) is 15.9. The predicted octanol–water partition coefficient (Wildman–Crippen LogP) is 1.65. The molecule has 0 radical (unpaired) electrons. The number of aromatic nitrogens is 1. The van der Waals surface area contributed by atoms with Gasteiger partial charge in [0.25, 0.3) is 0 Å². The molecule has 3 nitrogen and oxygen atoms in total. The number of piperidine rings is 1. The van der Waals surface area contributed by atoms with E-state index < -0.39 is 0 Å². The van der Waals surface area contributed by atoms with Crippen molar-refractivity contribution < 1.29 is 4.79 Å². The number of carbonyl (C=O) groups excluding carboxylic acids is 1. The number of rotatable bonds is 3. The molecule has 0 unspecified atom stereocenters. The molecule has 0 atom stereocenters. The van der Waals surface area contributed by atoms with Gasteiger partial charge in [0, 0.05) is 12.6 Å². The van der Waals surface area contributed by atoms with Crippen molar-refractivity contribution in [2.24, 2.45) is 5.92 Å². The average Bonchev–Trinajstić information content (AvgIpc) is 2.31. The molecule has 0 saturated carbocycles. The molecule has 1 aromatic rings. The van der Waals surface area contributed by atoms with Crippen LogP contribution in [-0.4, -0.2) is 23.9 Å². The molecule has 1 aliphatic rings. The number of ketones is 1. The van der Waals surface area contributed by atoms with E-state index >= 15 is 0 Å². The minimum Gasteiger partial charge on any atom is -0.317 e. The van der Waals surface area contributed by atoms with E-state index in [0.717, 1.165) is 25.9 Å². The molecule has 0 spiro atoms. The van der Waals surface area contributed by atoms with Gasteiger partial charge < -0.3 is 5.32 Å². The monoisotopic (exact) mass is 204 g/mol. The van der Waals surface area contributed by atoms with Gasteiger partial charge in [0.2, 0.25) is 0 Å². The first-order chi connectivity index (χ1) is 7.36. The van der Waals surface area contributed by atoms with Crippen molar-refractivity contribution in [2.75, 3.05) is 13.1 Å². The Kier molecular flexibility index (Phi) is 3.45. The molecule has 80 valence electrons. The second kappa shape index (κ2) is 5.03. The number of nitrogens with zero attached hydrogens (tertiary/aromatic N) is 1. The van der Waals surface area contributed by atoms with Crippen LogP contribution < -0.4 is 5.32 Å². The van der Waals surface area contributed by atoms with E-state index in [-0.39, 0.29) is 5.78 Å². The molecule has 15 heavy (non-hydrogen) atoms. The smallest absolute Gasteiger partial charge is 0.181 e. The third-order valence-electron chi connectivity index (χ3n) is 2.88. The lowest BCUT2D eigenvalue weighted by molar-refractivity contribution is 0.0947. The van der Waals surface area contributed by atoms with Gasteiger partial charge in [-0.15, -0.1) is 0 Å². The standard InChI is InChI=1S/C12H16N2O/c15-12(11-3-1-2-6-14-11)9-10-4-7-13-8-5-10/h1-3,6,10,13H,4-5,7-9H2. The van der Waals surface area contributed by atoms with Gasteiger partial charge in [0.1, 0.15) is 5.69 Å². The minimum atomic E-state index is 0.183. The molecule has 2 rings (SSSR count). The summed E-state index contributed by atoms with van der Waals surface area (Å²) in [7, 11) is 0. The number of Topliss-reactive ketones (excluding diaryl/α,β-unsaturated/α-hetero) is 1. The lowest BCUT2D eigenvalue weighted by Gasteiger charge is -2.21. The Morgan fingerprint density at radius 3 is 2.87 bits per heavy atom. The SMILES string of the molecule is O=C(CC1CCNCC1)c1ccccn1. The second-order valence-electron chi connectivity index (χ2n) is 4.04. The summed E-state index contributed by atoms with van der Waals surface area (Å²) >= 11 is 0. The van der Waals surface area contributed by atoms with E-state index in [1.165, 1.54) is 0 Å². The van der Waals surface area contributed by atoms with Crippen molar-refractivity contribution in [3.63, 3.8) is 0 Å². The van der Waals surface area contributed by atoms with Crippen LogP contribution in [0.25, 0.3) is 0 Å². The summed E-state index contributed by atoms with van der Waals surface area (Å²) in [5, 5.41) is 3.30. The Morgan fingerprint density at radius 2 is 2.20 bits per heavy atom. The molecule has 0 aromatic carbocycles. The van der Waals surface area contributed by atoms with Crippen LogP contribution >= 0.6 is 0 Å². The summed E-state index contributed by atoms with van der Waals surface area (Å²) in [6, 6.07) is 5.49. The molecule has 0 aliphatic carbocycles. The first-order valence-electron chi connectivity index (χ1n) is 5.51. The number of hydrogen-bond acceptors (Lipinski definition) is 3. The third kappa shape index (κ3) is 2.86. The van der Waals surface area contributed by atoms with Crippen LogP contribution in [0.4, 0.5) is 0 Å². The van der Waals surface area contributed by atoms with Crippen molar-refractivity contribution in [3.05, 3.63) is 30.1 Å². The Bertz CT molecular complexity index is 318. The molecule has 1 aromatic heterocycles. The second-order valence-corrected chi connectivity index (χ2v) is 4.04. The van der Waals surface area contributed by atoms with Gasteiger partial charge in [-0.05, 0) is 44.0 Å². The largest absolute Gasteiger partial charge is 0.317 e. The third-order valence-corrected chi connectivity index (χ3v) is 2.88. The normalized spacial score (nSPS) is 17.6. The molecule has 1 saturated heterocycles. The Morgan fingerprint density at radius 1 is 1.40 bits per heavy atom. The van der Waals surface area contributed by atoms with Crippen LogP contribution in [-0.2, 0) is 0 Å². The first-order valence-corrected chi connectivity index (χ1v) is 5.51. The van der Waals surface area contributed by atoms with Crippen LogP contribution in [0.2, 0.25) is 0 Å². The molecule has 3 heteroatoms. The van der Waals surface area contributed by atoms with E-state index in [4.69, 9.17) is 0 Å². The van der Waals surface area contributed by atoms with Gasteiger partial charge in [0.15, 0.2) is 5.78 Å². The Balaban J connectivity index is 1.91. The summed E-state index contributed by atoms with van der Waals surface area (Å²) in [5.41, 5.74) is 0.607. The van der Waals surface area contributed by atoms with Gasteiger partial charge in [0.05, 0.1) is 0 Å². The number of carbonyl (C=O) groups is 1. The van der Waals surface area contributed by atoms with Gasteiger partial charge >= 0.3 is 0 Å². The molecule has 1 N–H and O–H groups in total. The summed E-state index contributed by atoms with van der Waals surface area (Å²) in [5.74, 6) is 0.725. The summed E-state index contributed by atoms with van der Waals surface area (Å²) < 4.78 is 0. The zero-order valence-corrected chi connectivity index (χ0v) is 8.78. The molecule has 1 aliphatic heterocycles. The predicted molar refractivity (Wildman–Crippen MR) is 58.8 cm³/mol. The molecule has 0 bridgehead atoms. The molecular formula is C12H16N2O. The van der Waals surface area contributed by atoms with E-state index in [2.05, 4.69) is 10.3 Å². The average molecular weight is 204 g/mol. The Hall–Kier alpha value is -1.22. The highest BCUT2D eigenvalue weighted by Crippen LogP contribution is 2.17. The fourth-order valence-electron chi connectivity index (χ4n) is 1.98. The molecular weight excluding hydrogens is 188 g/mol. The van der Waals surface area contributed by atoms with Crippen LogP contribution in [0.5, 0.6) is 0 Å². The molecule has 0 amide bonds. The summed E-state index contributed by atoms with van der Waals surface area (Å²) in [6.07, 6.45) is 4.55. The van der Waals surface area contributed by atoms with Crippen molar-refractivity contribution in [3.8, 4) is 0 Å². The fraction of sp³-hybridized carbons (Fsp3) is 0.500. The minimum absolute atomic E-state index is 0.183. The van der Waals surface area contributed by atoms with Crippen molar-refractivity contribution >= 4 is 5.78 Å². The van der Waals surface area contributed by atoms with E-state index in [1.54, 1.807) is 12.3 Å². The van der Waals surface area contributed by atoms with Crippen molar-refractivity contribution in [1.82, 2.24) is 10.3 Å². The van der Waals surface area contributed by atoms with Crippen LogP contribution in [0.15, 0.2) is 24.4 Å². The highest BCUT2D eigenvalue weighted by atomic mass is 16.1. The maximum Gasteiger partial charge on any atom is 0.181 e. The van der Waals surface area contributed by atoms with Crippen LogP contribution in [0, 0.1) is 5.92 Å². The van der Waals surface area contributed by atoms with Gasteiger partial charge in [-0.25, -0.2) is 0 Å².